The van der Waals surface area contributed by atoms with Crippen molar-refractivity contribution in [2.24, 2.45) is 0 Å². The minimum atomic E-state index is -3.83. The first-order valence-electron chi connectivity index (χ1n) is 10.3. The lowest BCUT2D eigenvalue weighted by Gasteiger charge is -2.08. The van der Waals surface area contributed by atoms with E-state index in [9.17, 15) is 9.36 Å². The highest BCUT2D eigenvalue weighted by Gasteiger charge is 2.17. The lowest BCUT2D eigenvalue weighted by Crippen LogP contribution is -2.23. The molecule has 0 aromatic carbocycles. The average Bonchev–Trinajstić information content (AvgIpc) is 2.62. The van der Waals surface area contributed by atoms with Crippen LogP contribution < -0.4 is 5.32 Å². The summed E-state index contributed by atoms with van der Waals surface area (Å²) in [5, 5.41) is 2.96. The minimum absolute atomic E-state index is 0.151. The summed E-state index contributed by atoms with van der Waals surface area (Å²) in [5.74, 6) is 0.151. The van der Waals surface area contributed by atoms with Crippen LogP contribution in [0.25, 0.3) is 0 Å². The van der Waals surface area contributed by atoms with Crippen LogP contribution in [0.4, 0.5) is 0 Å². The van der Waals surface area contributed by atoms with Crippen molar-refractivity contribution in [1.82, 2.24) is 5.32 Å². The monoisotopic (exact) mass is 393 g/mol. The molecule has 7 heteroatoms. The molecule has 0 aliphatic heterocycles. The molecule has 0 saturated carbocycles. The van der Waals surface area contributed by atoms with Crippen LogP contribution in [0.2, 0.25) is 0 Å². The van der Waals surface area contributed by atoms with Gasteiger partial charge in [-0.2, -0.15) is 0 Å². The van der Waals surface area contributed by atoms with Gasteiger partial charge in [0.15, 0.2) is 0 Å². The number of hydrogen-bond donors (Lipinski definition) is 2. The van der Waals surface area contributed by atoms with E-state index in [0.717, 1.165) is 39.2 Å². The Morgan fingerprint density at radius 1 is 0.885 bits per heavy atom. The quantitative estimate of drug-likeness (QED) is 0.228. The summed E-state index contributed by atoms with van der Waals surface area (Å²) in [4.78, 5) is 20.8. The number of nitrogens with one attached hydrogen (secondary N) is 1. The van der Waals surface area contributed by atoms with Crippen molar-refractivity contribution in [1.29, 1.82) is 0 Å². The first-order chi connectivity index (χ1) is 12.5. The molecule has 0 spiro atoms. The average molecular weight is 394 g/mol. The van der Waals surface area contributed by atoms with Crippen molar-refractivity contribution in [3.8, 4) is 0 Å². The number of amides is 1. The lowest BCUT2D eigenvalue weighted by atomic mass is 10.1. The van der Waals surface area contributed by atoms with E-state index < -0.39 is 7.82 Å². The summed E-state index contributed by atoms with van der Waals surface area (Å²) in [5.41, 5.74) is 0. The van der Waals surface area contributed by atoms with Crippen molar-refractivity contribution < 1.29 is 23.3 Å². The maximum absolute atomic E-state index is 11.7. The summed E-state index contributed by atoms with van der Waals surface area (Å²) in [7, 11) is -2.68. The highest BCUT2D eigenvalue weighted by atomic mass is 31.2. The standard InChI is InChI=1S/C19H40NO5P/c1-3-4-5-6-7-8-9-10-13-16-19(21)20-17-14-11-12-15-18-25-26(22,23)24-2/h3-18H2,1-2H3,(H,20,21)(H,22,23). The minimum Gasteiger partial charge on any atom is -0.356 e. The van der Waals surface area contributed by atoms with Crippen molar-refractivity contribution in [3.05, 3.63) is 0 Å². The zero-order valence-electron chi connectivity index (χ0n) is 16.8. The summed E-state index contributed by atoms with van der Waals surface area (Å²) < 4.78 is 20.1. The SMILES string of the molecule is CCCCCCCCCCCC(=O)NCCCCCCOP(=O)(O)OC. The third-order valence-electron chi connectivity index (χ3n) is 4.39. The molecule has 156 valence electrons. The largest absolute Gasteiger partial charge is 0.471 e. The molecular weight excluding hydrogens is 353 g/mol. The molecule has 0 rings (SSSR count). The highest BCUT2D eigenvalue weighted by Crippen LogP contribution is 2.41. The van der Waals surface area contributed by atoms with Gasteiger partial charge in [0.2, 0.25) is 5.91 Å². The summed E-state index contributed by atoms with van der Waals surface area (Å²) in [6, 6.07) is 0. The van der Waals surface area contributed by atoms with Crippen LogP contribution in [0.3, 0.4) is 0 Å². The molecule has 1 amide bonds. The third-order valence-corrected chi connectivity index (χ3v) is 5.36. The van der Waals surface area contributed by atoms with Crippen molar-refractivity contribution in [2.45, 2.75) is 96.8 Å². The fourth-order valence-electron chi connectivity index (χ4n) is 2.73. The maximum atomic E-state index is 11.7. The predicted molar refractivity (Wildman–Crippen MR) is 106 cm³/mol. The predicted octanol–water partition coefficient (Wildman–Crippen LogP) is 5.35. The Balaban J connectivity index is 3.26. The van der Waals surface area contributed by atoms with E-state index in [-0.39, 0.29) is 12.5 Å². The van der Waals surface area contributed by atoms with Gasteiger partial charge in [-0.25, -0.2) is 4.57 Å². The van der Waals surface area contributed by atoms with Crippen LogP contribution >= 0.6 is 7.82 Å². The number of carbonyl (C=O) groups is 1. The molecule has 0 fully saturated rings. The first kappa shape index (κ1) is 25.6. The molecule has 0 saturated heterocycles. The number of phosphoric ester groups is 1. The molecule has 0 aliphatic carbocycles. The Kier molecular flexibility index (Phi) is 17.7. The van der Waals surface area contributed by atoms with Gasteiger partial charge in [-0.05, 0) is 19.3 Å². The van der Waals surface area contributed by atoms with Gasteiger partial charge in [-0.1, -0.05) is 71.1 Å². The molecule has 0 aliphatic rings. The number of unbranched alkanes of at least 4 members (excludes halogenated alkanes) is 11. The summed E-state index contributed by atoms with van der Waals surface area (Å²) >= 11 is 0. The number of hydrogen-bond acceptors (Lipinski definition) is 4. The molecule has 0 radical (unpaired) electrons. The Labute approximate surface area is 160 Å². The molecule has 0 aromatic heterocycles. The lowest BCUT2D eigenvalue weighted by molar-refractivity contribution is -0.121. The van der Waals surface area contributed by atoms with Crippen LogP contribution in [0.5, 0.6) is 0 Å². The molecule has 0 aromatic rings. The summed E-state index contributed by atoms with van der Waals surface area (Å²) in [6.45, 7) is 3.15. The Morgan fingerprint density at radius 3 is 2.04 bits per heavy atom. The molecule has 0 heterocycles. The van der Waals surface area contributed by atoms with Crippen LogP contribution in [-0.4, -0.2) is 31.1 Å². The third kappa shape index (κ3) is 18.4. The molecule has 6 nitrogen and oxygen atoms in total. The maximum Gasteiger partial charge on any atom is 0.471 e. The Hall–Kier alpha value is -0.420. The Bertz CT molecular complexity index is 379. The fraction of sp³-hybridized carbons (Fsp3) is 0.947. The second-order valence-electron chi connectivity index (χ2n) is 6.83. The Morgan fingerprint density at radius 2 is 1.42 bits per heavy atom. The van der Waals surface area contributed by atoms with E-state index in [4.69, 9.17) is 9.42 Å². The molecule has 26 heavy (non-hydrogen) atoms. The van der Waals surface area contributed by atoms with Crippen LogP contribution in [0, 0.1) is 0 Å². The van der Waals surface area contributed by atoms with Crippen LogP contribution in [0.15, 0.2) is 0 Å². The highest BCUT2D eigenvalue weighted by molar-refractivity contribution is 7.47. The molecule has 1 atom stereocenters. The second-order valence-corrected chi connectivity index (χ2v) is 8.39. The van der Waals surface area contributed by atoms with Crippen LogP contribution in [-0.2, 0) is 18.4 Å². The molecular formula is C19H40NO5P. The van der Waals surface area contributed by atoms with Crippen LogP contribution in [0.1, 0.15) is 96.8 Å². The first-order valence-corrected chi connectivity index (χ1v) is 11.8. The van der Waals surface area contributed by atoms with Gasteiger partial charge >= 0.3 is 7.82 Å². The zero-order chi connectivity index (χ0) is 19.5. The van der Waals surface area contributed by atoms with Crippen molar-refractivity contribution >= 4 is 13.7 Å². The van der Waals surface area contributed by atoms with Gasteiger partial charge in [0.1, 0.15) is 0 Å². The van der Waals surface area contributed by atoms with Crippen molar-refractivity contribution in [3.63, 3.8) is 0 Å². The van der Waals surface area contributed by atoms with E-state index in [1.165, 1.54) is 44.9 Å². The van der Waals surface area contributed by atoms with Gasteiger partial charge in [0.05, 0.1) is 6.61 Å². The van der Waals surface area contributed by atoms with E-state index in [2.05, 4.69) is 16.8 Å². The van der Waals surface area contributed by atoms with E-state index >= 15 is 0 Å². The number of rotatable bonds is 19. The van der Waals surface area contributed by atoms with Crippen molar-refractivity contribution in [2.75, 3.05) is 20.3 Å². The molecule has 0 bridgehead atoms. The van der Waals surface area contributed by atoms with E-state index in [0.29, 0.717) is 19.4 Å². The normalized spacial score (nSPS) is 13.5. The number of phosphoric acid groups is 1. The van der Waals surface area contributed by atoms with Gasteiger partial charge in [-0.15, -0.1) is 0 Å². The number of carbonyl (C=O) groups excluding carboxylic acids is 1. The topological polar surface area (TPSA) is 84.9 Å². The smallest absolute Gasteiger partial charge is 0.356 e. The molecule has 1 unspecified atom stereocenters. The van der Waals surface area contributed by atoms with Gasteiger partial charge in [0, 0.05) is 20.1 Å². The zero-order valence-corrected chi connectivity index (χ0v) is 17.7. The van der Waals surface area contributed by atoms with E-state index in [1.54, 1.807) is 0 Å². The van der Waals surface area contributed by atoms with E-state index in [1.807, 2.05) is 0 Å². The van der Waals surface area contributed by atoms with Gasteiger partial charge in [-0.3, -0.25) is 13.8 Å². The fourth-order valence-corrected chi connectivity index (χ4v) is 3.19. The van der Waals surface area contributed by atoms with Gasteiger partial charge < -0.3 is 10.2 Å². The summed E-state index contributed by atoms with van der Waals surface area (Å²) in [6.07, 6.45) is 15.5. The second kappa shape index (κ2) is 18.0. The van der Waals surface area contributed by atoms with Gasteiger partial charge in [0.25, 0.3) is 0 Å². The molecule has 2 N–H and O–H groups in total.